The summed E-state index contributed by atoms with van der Waals surface area (Å²) in [4.78, 5) is 27.4. The van der Waals surface area contributed by atoms with Crippen molar-refractivity contribution in [2.45, 2.75) is 32.7 Å². The van der Waals surface area contributed by atoms with Crippen molar-refractivity contribution in [2.75, 3.05) is 18.4 Å². The molecular weight excluding hydrogens is 366 g/mol. The normalized spacial score (nSPS) is 14.8. The van der Waals surface area contributed by atoms with Gasteiger partial charge in [0, 0.05) is 18.5 Å². The molecule has 2 N–H and O–H groups in total. The number of hydrogen-bond donors (Lipinski definition) is 2. The quantitative estimate of drug-likeness (QED) is 0.667. The second-order valence-electron chi connectivity index (χ2n) is 7.50. The van der Waals surface area contributed by atoms with Crippen LogP contribution in [0.25, 0.3) is 11.0 Å². The molecule has 1 fully saturated rings. The number of likely N-dealkylation sites (tertiary alicyclic amines) is 1. The molecule has 6 nitrogen and oxygen atoms in total. The SMILES string of the molecule is Cc1cccc(C(=O)N2CCCC2)c1NC(=O)NC(C)c1cc2ccccc2o1. The third-order valence-electron chi connectivity index (χ3n) is 5.35. The third kappa shape index (κ3) is 3.97. The molecule has 3 aromatic rings. The summed E-state index contributed by atoms with van der Waals surface area (Å²) in [5.74, 6) is 0.645. The van der Waals surface area contributed by atoms with Crippen LogP contribution < -0.4 is 10.6 Å². The molecular formula is C23H25N3O3. The highest BCUT2D eigenvalue weighted by Gasteiger charge is 2.24. The van der Waals surface area contributed by atoms with Gasteiger partial charge in [-0.2, -0.15) is 0 Å². The largest absolute Gasteiger partial charge is 0.459 e. The Labute approximate surface area is 169 Å². The van der Waals surface area contributed by atoms with Crippen LogP contribution in [0.3, 0.4) is 0 Å². The minimum absolute atomic E-state index is 0.0353. The minimum atomic E-state index is -0.372. The number of nitrogens with one attached hydrogen (secondary N) is 2. The lowest BCUT2D eigenvalue weighted by molar-refractivity contribution is 0.0793. The summed E-state index contributed by atoms with van der Waals surface area (Å²) in [7, 11) is 0. The number of nitrogens with zero attached hydrogens (tertiary/aromatic N) is 1. The second-order valence-corrected chi connectivity index (χ2v) is 7.50. The molecule has 1 atom stereocenters. The maximum atomic E-state index is 12.9. The van der Waals surface area contributed by atoms with E-state index in [2.05, 4.69) is 10.6 Å². The molecule has 29 heavy (non-hydrogen) atoms. The molecule has 150 valence electrons. The second kappa shape index (κ2) is 7.99. The number of fused-ring (bicyclic) bond motifs is 1. The lowest BCUT2D eigenvalue weighted by atomic mass is 10.1. The summed E-state index contributed by atoms with van der Waals surface area (Å²) < 4.78 is 5.83. The maximum Gasteiger partial charge on any atom is 0.319 e. The topological polar surface area (TPSA) is 74.6 Å². The molecule has 4 rings (SSSR count). The lowest BCUT2D eigenvalue weighted by Crippen LogP contribution is -2.33. The Bertz CT molecular complexity index is 1020. The van der Waals surface area contributed by atoms with E-state index in [1.54, 1.807) is 6.07 Å². The number of carbonyl (C=O) groups excluding carboxylic acids is 2. The number of aryl methyl sites for hydroxylation is 1. The fourth-order valence-corrected chi connectivity index (χ4v) is 3.74. The fourth-order valence-electron chi connectivity index (χ4n) is 3.74. The maximum absolute atomic E-state index is 12.9. The van der Waals surface area contributed by atoms with Crippen molar-refractivity contribution < 1.29 is 14.0 Å². The van der Waals surface area contributed by atoms with E-state index in [4.69, 9.17) is 4.42 Å². The number of benzene rings is 2. The van der Waals surface area contributed by atoms with Gasteiger partial charge in [-0.15, -0.1) is 0 Å². The molecule has 1 aliphatic rings. The molecule has 0 bridgehead atoms. The van der Waals surface area contributed by atoms with E-state index in [-0.39, 0.29) is 18.0 Å². The van der Waals surface area contributed by atoms with Gasteiger partial charge >= 0.3 is 6.03 Å². The molecule has 0 radical (unpaired) electrons. The summed E-state index contributed by atoms with van der Waals surface area (Å²) in [5, 5.41) is 6.77. The summed E-state index contributed by atoms with van der Waals surface area (Å²) in [5.41, 5.74) is 2.72. The van der Waals surface area contributed by atoms with Gasteiger partial charge in [-0.3, -0.25) is 4.79 Å². The van der Waals surface area contributed by atoms with E-state index >= 15 is 0 Å². The van der Waals surface area contributed by atoms with E-state index in [1.807, 2.05) is 61.2 Å². The van der Waals surface area contributed by atoms with Gasteiger partial charge in [0.25, 0.3) is 5.91 Å². The molecule has 2 aromatic carbocycles. The van der Waals surface area contributed by atoms with Crippen LogP contribution in [0.4, 0.5) is 10.5 Å². The number of anilines is 1. The Kier molecular flexibility index (Phi) is 5.25. The number of para-hydroxylation sites is 2. The van der Waals surface area contributed by atoms with E-state index < -0.39 is 0 Å². The fraction of sp³-hybridized carbons (Fsp3) is 0.304. The Morgan fingerprint density at radius 1 is 1.07 bits per heavy atom. The zero-order chi connectivity index (χ0) is 20.4. The molecule has 0 spiro atoms. The van der Waals surface area contributed by atoms with Gasteiger partial charge in [0.05, 0.1) is 17.3 Å². The molecule has 1 saturated heterocycles. The van der Waals surface area contributed by atoms with Gasteiger partial charge in [0.2, 0.25) is 0 Å². The van der Waals surface area contributed by atoms with Crippen LogP contribution in [0.1, 0.15) is 47.5 Å². The Morgan fingerprint density at radius 3 is 2.59 bits per heavy atom. The van der Waals surface area contributed by atoms with E-state index in [0.29, 0.717) is 17.0 Å². The molecule has 0 saturated carbocycles. The van der Waals surface area contributed by atoms with Crippen LogP contribution in [0.5, 0.6) is 0 Å². The monoisotopic (exact) mass is 391 g/mol. The van der Waals surface area contributed by atoms with Crippen LogP contribution in [-0.4, -0.2) is 29.9 Å². The minimum Gasteiger partial charge on any atom is -0.459 e. The molecule has 3 amide bonds. The Hall–Kier alpha value is -3.28. The first-order valence-electron chi connectivity index (χ1n) is 9.98. The first-order valence-corrected chi connectivity index (χ1v) is 9.98. The molecule has 1 aromatic heterocycles. The molecule has 1 unspecified atom stereocenters. The van der Waals surface area contributed by atoms with Gasteiger partial charge in [0.1, 0.15) is 11.3 Å². The van der Waals surface area contributed by atoms with Crippen LogP contribution in [0, 0.1) is 6.92 Å². The first kappa shape index (κ1) is 19.1. The summed E-state index contributed by atoms with van der Waals surface area (Å²) >= 11 is 0. The Balaban J connectivity index is 1.49. The van der Waals surface area contributed by atoms with Crippen LogP contribution in [0.2, 0.25) is 0 Å². The van der Waals surface area contributed by atoms with Crippen molar-refractivity contribution in [2.24, 2.45) is 0 Å². The van der Waals surface area contributed by atoms with Gasteiger partial charge < -0.3 is 20.0 Å². The van der Waals surface area contributed by atoms with Crippen molar-refractivity contribution >= 4 is 28.6 Å². The smallest absolute Gasteiger partial charge is 0.319 e. The van der Waals surface area contributed by atoms with Crippen LogP contribution >= 0.6 is 0 Å². The summed E-state index contributed by atoms with van der Waals surface area (Å²) in [6, 6.07) is 14.5. The van der Waals surface area contributed by atoms with Crippen molar-refractivity contribution in [1.29, 1.82) is 0 Å². The Morgan fingerprint density at radius 2 is 1.83 bits per heavy atom. The number of hydrogen-bond acceptors (Lipinski definition) is 3. The zero-order valence-electron chi connectivity index (χ0n) is 16.7. The highest BCUT2D eigenvalue weighted by Crippen LogP contribution is 2.26. The van der Waals surface area contributed by atoms with Gasteiger partial charge in [-0.25, -0.2) is 4.79 Å². The third-order valence-corrected chi connectivity index (χ3v) is 5.35. The molecule has 0 aliphatic carbocycles. The zero-order valence-corrected chi connectivity index (χ0v) is 16.7. The standard InChI is InChI=1S/C23H25N3O3/c1-15-8-7-10-18(22(27)26-12-5-6-13-26)21(15)25-23(28)24-16(2)20-14-17-9-3-4-11-19(17)29-20/h3-4,7-11,14,16H,5-6,12-13H2,1-2H3,(H2,24,25,28). The van der Waals surface area contributed by atoms with Crippen LogP contribution in [0.15, 0.2) is 52.9 Å². The summed E-state index contributed by atoms with van der Waals surface area (Å²) in [6.07, 6.45) is 2.05. The van der Waals surface area contributed by atoms with E-state index in [0.717, 1.165) is 42.5 Å². The van der Waals surface area contributed by atoms with Crippen molar-refractivity contribution in [3.63, 3.8) is 0 Å². The van der Waals surface area contributed by atoms with Crippen molar-refractivity contribution in [1.82, 2.24) is 10.2 Å². The number of rotatable bonds is 4. The summed E-state index contributed by atoms with van der Waals surface area (Å²) in [6.45, 7) is 5.29. The van der Waals surface area contributed by atoms with Gasteiger partial charge in [-0.05, 0) is 50.5 Å². The highest BCUT2D eigenvalue weighted by molar-refractivity contribution is 6.04. The predicted octanol–water partition coefficient (Wildman–Crippen LogP) is 4.86. The highest BCUT2D eigenvalue weighted by atomic mass is 16.3. The number of amides is 3. The number of carbonyl (C=O) groups is 2. The van der Waals surface area contributed by atoms with Crippen molar-refractivity contribution in [3.8, 4) is 0 Å². The van der Waals surface area contributed by atoms with Gasteiger partial charge in [0.15, 0.2) is 0 Å². The number of furan rings is 1. The molecule has 2 heterocycles. The van der Waals surface area contributed by atoms with Crippen molar-refractivity contribution in [3.05, 3.63) is 65.4 Å². The average Bonchev–Trinajstić information content (AvgIpc) is 3.38. The van der Waals surface area contributed by atoms with E-state index in [9.17, 15) is 9.59 Å². The average molecular weight is 391 g/mol. The number of urea groups is 1. The molecule has 6 heteroatoms. The van der Waals surface area contributed by atoms with Crippen LogP contribution in [-0.2, 0) is 0 Å². The predicted molar refractivity (Wildman–Crippen MR) is 113 cm³/mol. The first-order chi connectivity index (χ1) is 14.0. The van der Waals surface area contributed by atoms with E-state index in [1.165, 1.54) is 0 Å². The molecule has 1 aliphatic heterocycles. The van der Waals surface area contributed by atoms with Gasteiger partial charge in [-0.1, -0.05) is 30.3 Å². The lowest BCUT2D eigenvalue weighted by Gasteiger charge is -2.20.